The van der Waals surface area contributed by atoms with E-state index in [-0.39, 0.29) is 30.7 Å². The lowest BCUT2D eigenvalue weighted by Crippen LogP contribution is -2.44. The predicted octanol–water partition coefficient (Wildman–Crippen LogP) is 0.921. The Kier molecular flexibility index (Phi) is 5.20. The van der Waals surface area contributed by atoms with Gasteiger partial charge in [0.25, 0.3) is 5.91 Å². The summed E-state index contributed by atoms with van der Waals surface area (Å²) in [5, 5.41) is 6.05. The molecule has 2 aliphatic rings. The largest absolute Gasteiger partial charge is 0.454 e. The Bertz CT molecular complexity index is 612. The second-order valence-electron chi connectivity index (χ2n) is 6.20. The number of hydrogen-bond donors (Lipinski definition) is 3. The number of amides is 2. The highest BCUT2D eigenvalue weighted by atomic mass is 16.7. The first-order valence-electron chi connectivity index (χ1n) is 8.35. The maximum Gasteiger partial charge on any atom is 0.251 e. The van der Waals surface area contributed by atoms with Crippen LogP contribution in [0.15, 0.2) is 18.2 Å². The van der Waals surface area contributed by atoms with Crippen molar-refractivity contribution in [2.24, 2.45) is 5.73 Å². The third kappa shape index (κ3) is 3.97. The Morgan fingerprint density at radius 2 is 1.71 bits per heavy atom. The smallest absolute Gasteiger partial charge is 0.251 e. The first-order valence-corrected chi connectivity index (χ1v) is 8.35. The van der Waals surface area contributed by atoms with Crippen LogP contribution in [0.1, 0.15) is 42.5 Å². The molecule has 0 saturated heterocycles. The molecule has 1 saturated carbocycles. The molecule has 1 aliphatic carbocycles. The van der Waals surface area contributed by atoms with Gasteiger partial charge in [-0.3, -0.25) is 9.59 Å². The van der Waals surface area contributed by atoms with Crippen LogP contribution in [-0.2, 0) is 4.79 Å². The van der Waals surface area contributed by atoms with Crippen molar-refractivity contribution in [1.82, 2.24) is 10.6 Å². The van der Waals surface area contributed by atoms with Gasteiger partial charge in [-0.15, -0.1) is 0 Å². The maximum atomic E-state index is 12.4. The third-order valence-corrected chi connectivity index (χ3v) is 4.43. The first kappa shape index (κ1) is 16.6. The van der Waals surface area contributed by atoms with Crippen molar-refractivity contribution in [2.45, 2.75) is 44.2 Å². The number of hydrogen-bond acceptors (Lipinski definition) is 5. The highest BCUT2D eigenvalue weighted by Gasteiger charge is 2.24. The molecule has 7 heteroatoms. The van der Waals surface area contributed by atoms with Crippen LogP contribution >= 0.6 is 0 Å². The van der Waals surface area contributed by atoms with Crippen molar-refractivity contribution in [3.63, 3.8) is 0 Å². The van der Waals surface area contributed by atoms with E-state index in [9.17, 15) is 9.59 Å². The van der Waals surface area contributed by atoms with Crippen molar-refractivity contribution >= 4 is 11.8 Å². The third-order valence-electron chi connectivity index (χ3n) is 4.43. The fourth-order valence-electron chi connectivity index (χ4n) is 3.12. The lowest BCUT2D eigenvalue weighted by atomic mass is 9.91. The molecule has 0 atom stereocenters. The molecule has 3 rings (SSSR count). The summed E-state index contributed by atoms with van der Waals surface area (Å²) in [5.74, 6) is 1.17. The van der Waals surface area contributed by atoms with Crippen molar-refractivity contribution < 1.29 is 19.1 Å². The summed E-state index contributed by atoms with van der Waals surface area (Å²) in [6.45, 7) is 0.563. The van der Waals surface area contributed by atoms with Crippen molar-refractivity contribution in [2.75, 3.05) is 13.3 Å². The number of carbonyl (C=O) groups is 2. The molecule has 0 spiro atoms. The Morgan fingerprint density at radius 3 is 2.42 bits per heavy atom. The molecule has 1 aliphatic heterocycles. The van der Waals surface area contributed by atoms with E-state index >= 15 is 0 Å². The van der Waals surface area contributed by atoms with E-state index in [0.717, 1.165) is 25.7 Å². The van der Waals surface area contributed by atoms with Gasteiger partial charge in [-0.1, -0.05) is 0 Å². The monoisotopic (exact) mass is 333 g/mol. The molecule has 7 nitrogen and oxygen atoms in total. The minimum Gasteiger partial charge on any atom is -0.454 e. The van der Waals surface area contributed by atoms with Gasteiger partial charge in [-0.25, -0.2) is 0 Å². The molecule has 0 bridgehead atoms. The van der Waals surface area contributed by atoms with E-state index in [2.05, 4.69) is 10.6 Å². The second kappa shape index (κ2) is 7.53. The molecular weight excluding hydrogens is 310 g/mol. The lowest BCUT2D eigenvalue weighted by Gasteiger charge is -2.29. The molecule has 130 valence electrons. The average molecular weight is 333 g/mol. The summed E-state index contributed by atoms with van der Waals surface area (Å²) in [6.07, 6.45) is 3.79. The summed E-state index contributed by atoms with van der Waals surface area (Å²) in [4.78, 5) is 23.9. The van der Waals surface area contributed by atoms with Gasteiger partial charge in [0.15, 0.2) is 11.5 Å². The molecule has 0 radical (unpaired) electrons. The second-order valence-corrected chi connectivity index (χ2v) is 6.20. The number of fused-ring (bicyclic) bond motifs is 1. The summed E-state index contributed by atoms with van der Waals surface area (Å²) < 4.78 is 10.5. The number of benzene rings is 1. The number of carbonyl (C=O) groups excluding carboxylic acids is 2. The number of nitrogens with two attached hydrogens (primary N) is 1. The van der Waals surface area contributed by atoms with Crippen LogP contribution < -0.4 is 25.8 Å². The van der Waals surface area contributed by atoms with Crippen molar-refractivity contribution in [3.05, 3.63) is 23.8 Å². The average Bonchev–Trinajstić information content (AvgIpc) is 3.04. The van der Waals surface area contributed by atoms with Crippen LogP contribution in [0.2, 0.25) is 0 Å². The van der Waals surface area contributed by atoms with Gasteiger partial charge >= 0.3 is 0 Å². The minimum atomic E-state index is -0.107. The van der Waals surface area contributed by atoms with Crippen LogP contribution in [0.25, 0.3) is 0 Å². The SMILES string of the molecule is NCCC(=O)NC1CCC(NC(=O)c2ccc3c(c2)OCO3)CC1. The first-order chi connectivity index (χ1) is 11.7. The van der Waals surface area contributed by atoms with Gasteiger partial charge in [0.2, 0.25) is 12.7 Å². The number of ether oxygens (including phenoxy) is 2. The van der Waals surface area contributed by atoms with Gasteiger partial charge in [0, 0.05) is 30.6 Å². The fraction of sp³-hybridized carbons (Fsp3) is 0.529. The van der Waals surface area contributed by atoms with E-state index < -0.39 is 0 Å². The van der Waals surface area contributed by atoms with Crippen LogP contribution in [-0.4, -0.2) is 37.2 Å². The molecule has 4 N–H and O–H groups in total. The van der Waals surface area contributed by atoms with E-state index in [0.29, 0.717) is 30.0 Å². The van der Waals surface area contributed by atoms with E-state index in [1.54, 1.807) is 18.2 Å². The Balaban J connectivity index is 1.47. The normalized spacial score (nSPS) is 22.0. The molecule has 1 aromatic rings. The highest BCUT2D eigenvalue weighted by Crippen LogP contribution is 2.32. The topological polar surface area (TPSA) is 103 Å². The molecule has 1 fully saturated rings. The molecule has 1 heterocycles. The Morgan fingerprint density at radius 1 is 1.04 bits per heavy atom. The zero-order valence-electron chi connectivity index (χ0n) is 13.5. The van der Waals surface area contributed by atoms with Crippen molar-refractivity contribution in [3.8, 4) is 11.5 Å². The van der Waals surface area contributed by atoms with E-state index in [1.165, 1.54) is 0 Å². The Hall–Kier alpha value is -2.28. The standard InChI is InChI=1S/C17H23N3O4/c18-8-7-16(21)19-12-2-4-13(5-3-12)20-17(22)11-1-6-14-15(9-11)24-10-23-14/h1,6,9,12-13H,2-5,7-8,10,18H2,(H,19,21)(H,20,22). The quantitative estimate of drug-likeness (QED) is 0.743. The molecule has 1 aromatic carbocycles. The fourth-order valence-corrected chi connectivity index (χ4v) is 3.12. The zero-order valence-corrected chi connectivity index (χ0v) is 13.5. The minimum absolute atomic E-state index is 0.00495. The van der Waals surface area contributed by atoms with Crippen LogP contribution in [0.3, 0.4) is 0 Å². The van der Waals surface area contributed by atoms with Crippen LogP contribution in [0.5, 0.6) is 11.5 Å². The van der Waals surface area contributed by atoms with Crippen molar-refractivity contribution in [1.29, 1.82) is 0 Å². The molecule has 0 unspecified atom stereocenters. The van der Waals surface area contributed by atoms with Gasteiger partial charge in [0.1, 0.15) is 0 Å². The highest BCUT2D eigenvalue weighted by molar-refractivity contribution is 5.95. The lowest BCUT2D eigenvalue weighted by molar-refractivity contribution is -0.121. The van der Waals surface area contributed by atoms with Gasteiger partial charge in [-0.2, -0.15) is 0 Å². The number of nitrogens with one attached hydrogen (secondary N) is 2. The van der Waals surface area contributed by atoms with E-state index in [1.807, 2.05) is 0 Å². The zero-order chi connectivity index (χ0) is 16.9. The summed E-state index contributed by atoms with van der Waals surface area (Å²) in [6, 6.07) is 5.51. The van der Waals surface area contributed by atoms with Gasteiger partial charge < -0.3 is 25.8 Å². The van der Waals surface area contributed by atoms with E-state index in [4.69, 9.17) is 15.2 Å². The van der Waals surface area contributed by atoms with Crippen LogP contribution in [0.4, 0.5) is 0 Å². The Labute approximate surface area is 140 Å². The van der Waals surface area contributed by atoms with Gasteiger partial charge in [-0.05, 0) is 43.9 Å². The molecule has 2 amide bonds. The summed E-state index contributed by atoms with van der Waals surface area (Å²) in [7, 11) is 0. The maximum absolute atomic E-state index is 12.4. The summed E-state index contributed by atoms with van der Waals surface area (Å²) >= 11 is 0. The van der Waals surface area contributed by atoms with Gasteiger partial charge in [0.05, 0.1) is 0 Å². The predicted molar refractivity (Wildman–Crippen MR) is 87.9 cm³/mol. The molecule has 24 heavy (non-hydrogen) atoms. The number of rotatable bonds is 5. The molecular formula is C17H23N3O4. The summed E-state index contributed by atoms with van der Waals surface area (Å²) in [5.41, 5.74) is 5.94. The molecule has 0 aromatic heterocycles. The van der Waals surface area contributed by atoms with Crippen LogP contribution in [0, 0.1) is 0 Å².